The molecule has 0 aliphatic carbocycles. The van der Waals surface area contributed by atoms with Gasteiger partial charge in [-0.25, -0.2) is 0 Å². The van der Waals surface area contributed by atoms with Crippen LogP contribution < -0.4 is 20.1 Å². The lowest BCUT2D eigenvalue weighted by Gasteiger charge is -2.33. The molecule has 1 heterocycles. The van der Waals surface area contributed by atoms with Crippen molar-refractivity contribution in [3.05, 3.63) is 48.0 Å². The first kappa shape index (κ1) is 15.7. The third kappa shape index (κ3) is 2.97. The Morgan fingerprint density at radius 1 is 1.29 bits per heavy atom. The average Bonchev–Trinajstić information content (AvgIpc) is 2.60. The molecule has 0 spiro atoms. The smallest absolute Gasteiger partial charge is 0.269 e. The quantitative estimate of drug-likeness (QED) is 0.688. The molecule has 1 amide bonds. The van der Waals surface area contributed by atoms with Gasteiger partial charge in [-0.2, -0.15) is 5.26 Å². The lowest BCUT2D eigenvalue weighted by atomic mass is 10.0. The van der Waals surface area contributed by atoms with Gasteiger partial charge in [-0.15, -0.1) is 0 Å². The number of fused-ring (bicyclic) bond motifs is 1. The van der Waals surface area contributed by atoms with E-state index in [1.807, 2.05) is 30.3 Å². The molecule has 122 valence electrons. The number of carbonyl (C=O) groups is 1. The molecule has 0 bridgehead atoms. The van der Waals surface area contributed by atoms with Crippen LogP contribution in [0.5, 0.6) is 11.5 Å². The van der Waals surface area contributed by atoms with Crippen LogP contribution in [0.2, 0.25) is 0 Å². The highest BCUT2D eigenvalue weighted by molar-refractivity contribution is 6.01. The molecule has 0 radical (unpaired) electrons. The number of hydrogen-bond donors (Lipinski definition) is 1. The maximum absolute atomic E-state index is 12.7. The fourth-order valence-electron chi connectivity index (χ4n) is 2.68. The van der Waals surface area contributed by atoms with Crippen LogP contribution in [0.3, 0.4) is 0 Å². The maximum atomic E-state index is 12.7. The molecule has 2 aromatic carbocycles. The van der Waals surface area contributed by atoms with Crippen molar-refractivity contribution in [3.63, 3.8) is 0 Å². The Labute approximate surface area is 140 Å². The van der Waals surface area contributed by atoms with Crippen LogP contribution in [0, 0.1) is 11.3 Å². The summed E-state index contributed by atoms with van der Waals surface area (Å²) in [6.07, 6.45) is -0.267. The summed E-state index contributed by atoms with van der Waals surface area (Å²) >= 11 is 0. The summed E-state index contributed by atoms with van der Waals surface area (Å²) in [5.74, 6) is 1.06. The van der Waals surface area contributed by atoms with Crippen LogP contribution in [0.4, 0.5) is 11.4 Å². The number of nitrogens with zero attached hydrogens (tertiary/aromatic N) is 2. The van der Waals surface area contributed by atoms with Crippen LogP contribution in [0.15, 0.2) is 42.5 Å². The first-order valence-electron chi connectivity index (χ1n) is 7.50. The Balaban J connectivity index is 1.88. The third-order valence-corrected chi connectivity index (χ3v) is 3.89. The summed E-state index contributed by atoms with van der Waals surface area (Å²) in [6, 6.07) is 14.6. The van der Waals surface area contributed by atoms with Gasteiger partial charge in [0, 0.05) is 12.1 Å². The lowest BCUT2D eigenvalue weighted by Crippen LogP contribution is -2.47. The number of rotatable bonds is 4. The molecule has 0 saturated carbocycles. The van der Waals surface area contributed by atoms with Gasteiger partial charge in [0.15, 0.2) is 6.10 Å². The standard InChI is InChI=1S/C18H17N3O3/c1-23-14-5-2-12(3-6-14)10-17-18(22)21(9-8-19)15-11-13(20)4-7-16(15)24-17/h2-7,11,17H,9-10,20H2,1H3. The Kier molecular flexibility index (Phi) is 4.25. The van der Waals surface area contributed by atoms with Crippen LogP contribution in [0.25, 0.3) is 0 Å². The molecular weight excluding hydrogens is 306 g/mol. The van der Waals surface area contributed by atoms with Gasteiger partial charge in [-0.1, -0.05) is 12.1 Å². The predicted octanol–water partition coefficient (Wildman–Crippen LogP) is 2.14. The molecule has 6 heteroatoms. The molecule has 0 fully saturated rings. The van der Waals surface area contributed by atoms with Crippen molar-refractivity contribution in [1.82, 2.24) is 0 Å². The van der Waals surface area contributed by atoms with E-state index in [2.05, 4.69) is 0 Å². The maximum Gasteiger partial charge on any atom is 0.269 e. The van der Waals surface area contributed by atoms with Crippen LogP contribution >= 0.6 is 0 Å². The minimum atomic E-state index is -0.678. The van der Waals surface area contributed by atoms with Gasteiger partial charge in [0.1, 0.15) is 18.0 Å². The zero-order valence-corrected chi connectivity index (χ0v) is 13.2. The highest BCUT2D eigenvalue weighted by Gasteiger charge is 2.34. The fraction of sp³-hybridized carbons (Fsp3) is 0.222. The van der Waals surface area contributed by atoms with Crippen molar-refractivity contribution < 1.29 is 14.3 Å². The topological polar surface area (TPSA) is 88.6 Å². The summed E-state index contributed by atoms with van der Waals surface area (Å²) in [7, 11) is 1.60. The molecule has 1 unspecified atom stereocenters. The van der Waals surface area contributed by atoms with E-state index >= 15 is 0 Å². The molecule has 0 saturated heterocycles. The van der Waals surface area contributed by atoms with E-state index < -0.39 is 6.10 Å². The monoisotopic (exact) mass is 323 g/mol. The number of amides is 1. The van der Waals surface area contributed by atoms with Gasteiger partial charge in [-0.3, -0.25) is 9.69 Å². The number of ether oxygens (including phenoxy) is 2. The molecule has 6 nitrogen and oxygen atoms in total. The van der Waals surface area contributed by atoms with E-state index in [9.17, 15) is 4.79 Å². The lowest BCUT2D eigenvalue weighted by molar-refractivity contribution is -0.126. The minimum Gasteiger partial charge on any atom is -0.497 e. The molecule has 3 rings (SSSR count). The van der Waals surface area contributed by atoms with Gasteiger partial charge in [0.2, 0.25) is 0 Å². The number of hydrogen-bond acceptors (Lipinski definition) is 5. The number of benzene rings is 2. The number of nitrogen functional groups attached to an aromatic ring is 1. The van der Waals surface area contributed by atoms with E-state index in [4.69, 9.17) is 20.5 Å². The SMILES string of the molecule is COc1ccc(CC2Oc3ccc(N)cc3N(CC#N)C2=O)cc1. The number of nitrogens with two attached hydrogens (primary N) is 1. The van der Waals surface area contributed by atoms with Gasteiger partial charge in [0.25, 0.3) is 5.91 Å². The molecule has 1 atom stereocenters. The normalized spacial score (nSPS) is 16.1. The van der Waals surface area contributed by atoms with Crippen molar-refractivity contribution in [1.29, 1.82) is 5.26 Å². The Hall–Kier alpha value is -3.20. The highest BCUT2D eigenvalue weighted by Crippen LogP contribution is 2.36. The molecule has 24 heavy (non-hydrogen) atoms. The van der Waals surface area contributed by atoms with Gasteiger partial charge >= 0.3 is 0 Å². The third-order valence-electron chi connectivity index (χ3n) is 3.89. The van der Waals surface area contributed by atoms with Crippen LogP contribution in [0.1, 0.15) is 5.56 Å². The second-order valence-electron chi connectivity index (χ2n) is 5.47. The number of nitriles is 1. The zero-order valence-electron chi connectivity index (χ0n) is 13.2. The van der Waals surface area contributed by atoms with E-state index in [0.29, 0.717) is 23.5 Å². The van der Waals surface area contributed by atoms with Crippen molar-refractivity contribution in [2.24, 2.45) is 0 Å². The van der Waals surface area contributed by atoms with E-state index in [-0.39, 0.29) is 12.5 Å². The molecule has 0 aromatic heterocycles. The molecule has 2 N–H and O–H groups in total. The van der Waals surface area contributed by atoms with Crippen molar-refractivity contribution in [2.45, 2.75) is 12.5 Å². The van der Waals surface area contributed by atoms with Crippen molar-refractivity contribution in [2.75, 3.05) is 24.3 Å². The average molecular weight is 323 g/mol. The molecular formula is C18H17N3O3. The second-order valence-corrected chi connectivity index (χ2v) is 5.47. The van der Waals surface area contributed by atoms with Gasteiger partial charge in [0.05, 0.1) is 18.9 Å². The second kappa shape index (κ2) is 6.50. The Bertz CT molecular complexity index is 796. The van der Waals surface area contributed by atoms with E-state index in [1.165, 1.54) is 4.90 Å². The van der Waals surface area contributed by atoms with Gasteiger partial charge < -0.3 is 15.2 Å². The van der Waals surface area contributed by atoms with Gasteiger partial charge in [-0.05, 0) is 35.9 Å². The highest BCUT2D eigenvalue weighted by atomic mass is 16.5. The largest absolute Gasteiger partial charge is 0.497 e. The number of methoxy groups -OCH3 is 1. The number of carbonyl (C=O) groups excluding carboxylic acids is 1. The summed E-state index contributed by atoms with van der Waals surface area (Å²) in [4.78, 5) is 14.1. The van der Waals surface area contributed by atoms with Crippen molar-refractivity contribution >= 4 is 17.3 Å². The first-order valence-corrected chi connectivity index (χ1v) is 7.50. The Morgan fingerprint density at radius 2 is 2.04 bits per heavy atom. The fourth-order valence-corrected chi connectivity index (χ4v) is 2.68. The Morgan fingerprint density at radius 3 is 2.71 bits per heavy atom. The molecule has 1 aliphatic rings. The van der Waals surface area contributed by atoms with Crippen LogP contribution in [-0.4, -0.2) is 25.7 Å². The zero-order chi connectivity index (χ0) is 17.1. The first-order chi connectivity index (χ1) is 11.6. The summed E-state index contributed by atoms with van der Waals surface area (Å²) in [6.45, 7) is -0.0439. The van der Waals surface area contributed by atoms with Crippen molar-refractivity contribution in [3.8, 4) is 17.6 Å². The summed E-state index contributed by atoms with van der Waals surface area (Å²) in [5.41, 5.74) is 7.78. The summed E-state index contributed by atoms with van der Waals surface area (Å²) in [5, 5.41) is 9.03. The minimum absolute atomic E-state index is 0.0439. The predicted molar refractivity (Wildman–Crippen MR) is 89.9 cm³/mol. The van der Waals surface area contributed by atoms with Crippen LogP contribution in [-0.2, 0) is 11.2 Å². The van der Waals surface area contributed by atoms with E-state index in [1.54, 1.807) is 25.3 Å². The summed E-state index contributed by atoms with van der Waals surface area (Å²) < 4.78 is 11.0. The molecule has 1 aliphatic heterocycles. The number of anilines is 2. The molecule has 2 aromatic rings. The van der Waals surface area contributed by atoms with E-state index in [0.717, 1.165) is 11.3 Å².